The molecule has 0 spiro atoms. The molecule has 1 atom stereocenters. The van der Waals surface area contributed by atoms with Crippen LogP contribution in [0.15, 0.2) is 41.4 Å². The Morgan fingerprint density at radius 2 is 1.81 bits per heavy atom. The van der Waals surface area contributed by atoms with E-state index >= 15 is 0 Å². The average molecular weight is 455 g/mol. The molecule has 166 valence electrons. The van der Waals surface area contributed by atoms with Crippen LogP contribution in [0.4, 0.5) is 19.0 Å². The number of hydrogen-bond acceptors (Lipinski definition) is 5. The fourth-order valence-electron chi connectivity index (χ4n) is 4.10. The Morgan fingerprint density at radius 3 is 2.45 bits per heavy atom. The second kappa shape index (κ2) is 7.79. The van der Waals surface area contributed by atoms with Gasteiger partial charge in [0.1, 0.15) is 5.82 Å². The molecule has 0 bridgehead atoms. The maximum atomic E-state index is 13.2. The number of carboxylic acid groups (broad SMARTS) is 1. The van der Waals surface area contributed by atoms with E-state index in [0.29, 0.717) is 12.0 Å². The van der Waals surface area contributed by atoms with Crippen LogP contribution < -0.4 is 4.90 Å². The van der Waals surface area contributed by atoms with Crippen molar-refractivity contribution in [1.29, 1.82) is 0 Å². The minimum atomic E-state index is -4.48. The molecule has 11 heteroatoms. The van der Waals surface area contributed by atoms with Crippen LogP contribution >= 0.6 is 0 Å². The number of alkyl halides is 3. The summed E-state index contributed by atoms with van der Waals surface area (Å²) >= 11 is 0. The van der Waals surface area contributed by atoms with E-state index < -0.39 is 33.7 Å². The molecule has 1 aliphatic heterocycles. The number of sulfonamides is 1. The summed E-state index contributed by atoms with van der Waals surface area (Å²) in [5.74, 6) is -1.45. The van der Waals surface area contributed by atoms with Gasteiger partial charge in [-0.2, -0.15) is 17.5 Å². The van der Waals surface area contributed by atoms with Gasteiger partial charge in [0.05, 0.1) is 16.4 Å². The predicted octanol–water partition coefficient (Wildman–Crippen LogP) is 2.41. The highest BCUT2D eigenvalue weighted by atomic mass is 32.2. The standard InChI is InChI=1S/C20H20F3N3O4S/c21-20(22,23)15-4-5-24-18(12-15)25-6-8-26(9-7-25)31(29,30)17-3-1-2-13-10-14(19(27)28)11-16(13)17/h1-5,12,14H,6-11H2,(H,27,28). The van der Waals surface area contributed by atoms with Crippen molar-refractivity contribution in [3.05, 3.63) is 53.2 Å². The Hall–Kier alpha value is -2.66. The van der Waals surface area contributed by atoms with E-state index in [1.54, 1.807) is 17.0 Å². The monoisotopic (exact) mass is 455 g/mol. The summed E-state index contributed by atoms with van der Waals surface area (Å²) in [7, 11) is -3.86. The van der Waals surface area contributed by atoms with Crippen molar-refractivity contribution in [2.24, 2.45) is 5.92 Å². The molecule has 1 saturated heterocycles. The van der Waals surface area contributed by atoms with Crippen molar-refractivity contribution >= 4 is 21.8 Å². The Labute approximate surface area is 177 Å². The third kappa shape index (κ3) is 4.11. The molecule has 2 aliphatic rings. The number of anilines is 1. The van der Waals surface area contributed by atoms with Crippen molar-refractivity contribution in [2.75, 3.05) is 31.1 Å². The van der Waals surface area contributed by atoms with Gasteiger partial charge >= 0.3 is 12.1 Å². The van der Waals surface area contributed by atoms with Crippen molar-refractivity contribution in [3.8, 4) is 0 Å². The van der Waals surface area contributed by atoms with Gasteiger partial charge in [0.2, 0.25) is 10.0 Å². The van der Waals surface area contributed by atoms with Crippen molar-refractivity contribution in [3.63, 3.8) is 0 Å². The number of nitrogens with zero attached hydrogens (tertiary/aromatic N) is 3. The smallest absolute Gasteiger partial charge is 0.416 e. The van der Waals surface area contributed by atoms with E-state index in [1.807, 2.05) is 0 Å². The number of pyridine rings is 1. The van der Waals surface area contributed by atoms with E-state index in [2.05, 4.69) is 4.98 Å². The molecule has 1 aromatic heterocycles. The summed E-state index contributed by atoms with van der Waals surface area (Å²) in [5.41, 5.74) is 0.456. The molecule has 1 fully saturated rings. The van der Waals surface area contributed by atoms with E-state index in [4.69, 9.17) is 0 Å². The predicted molar refractivity (Wildman–Crippen MR) is 105 cm³/mol. The molecule has 7 nitrogen and oxygen atoms in total. The van der Waals surface area contributed by atoms with Crippen LogP contribution in [-0.4, -0.2) is 55.0 Å². The lowest BCUT2D eigenvalue weighted by Gasteiger charge is -2.35. The number of carboxylic acids is 1. The second-order valence-corrected chi connectivity index (χ2v) is 9.54. The van der Waals surface area contributed by atoms with Crippen LogP contribution in [0.25, 0.3) is 0 Å². The van der Waals surface area contributed by atoms with Crippen LogP contribution in [0.1, 0.15) is 16.7 Å². The highest BCUT2D eigenvalue weighted by Crippen LogP contribution is 2.34. The van der Waals surface area contributed by atoms with Gasteiger partial charge in [-0.05, 0) is 42.2 Å². The molecule has 1 aliphatic carbocycles. The average Bonchev–Trinajstić information content (AvgIpc) is 3.18. The summed E-state index contributed by atoms with van der Waals surface area (Å²) in [4.78, 5) is 17.1. The van der Waals surface area contributed by atoms with Crippen LogP contribution in [-0.2, 0) is 33.8 Å². The van der Waals surface area contributed by atoms with Gasteiger partial charge in [-0.15, -0.1) is 0 Å². The molecular formula is C20H20F3N3O4S. The van der Waals surface area contributed by atoms with E-state index in [0.717, 1.165) is 23.9 Å². The number of hydrogen-bond donors (Lipinski definition) is 1. The summed E-state index contributed by atoms with van der Waals surface area (Å²) < 4.78 is 66.7. The Morgan fingerprint density at radius 1 is 1.10 bits per heavy atom. The molecule has 0 amide bonds. The van der Waals surface area contributed by atoms with Crippen LogP contribution in [0.3, 0.4) is 0 Å². The van der Waals surface area contributed by atoms with Crippen LogP contribution in [0.5, 0.6) is 0 Å². The zero-order valence-electron chi connectivity index (χ0n) is 16.3. The first-order valence-corrected chi connectivity index (χ1v) is 11.1. The molecule has 2 aromatic rings. The van der Waals surface area contributed by atoms with Gasteiger partial charge in [-0.1, -0.05) is 12.1 Å². The Bertz CT molecular complexity index is 1110. The first-order chi connectivity index (χ1) is 14.6. The van der Waals surface area contributed by atoms with Crippen molar-refractivity contribution in [1.82, 2.24) is 9.29 Å². The number of rotatable bonds is 4. The number of carbonyl (C=O) groups is 1. The Balaban J connectivity index is 1.51. The van der Waals surface area contributed by atoms with Crippen molar-refractivity contribution in [2.45, 2.75) is 23.9 Å². The molecule has 0 saturated carbocycles. The normalized spacial score (nSPS) is 20.0. The first kappa shape index (κ1) is 21.6. The van der Waals surface area contributed by atoms with Crippen LogP contribution in [0, 0.1) is 5.92 Å². The summed E-state index contributed by atoms with van der Waals surface area (Å²) in [5, 5.41) is 9.29. The molecule has 2 heterocycles. The number of piperazine rings is 1. The minimum absolute atomic E-state index is 0.0896. The lowest BCUT2D eigenvalue weighted by atomic mass is 10.1. The van der Waals surface area contributed by atoms with E-state index in [-0.39, 0.29) is 43.3 Å². The van der Waals surface area contributed by atoms with Crippen molar-refractivity contribution < 1.29 is 31.5 Å². The Kier molecular flexibility index (Phi) is 5.42. The third-order valence-corrected chi connectivity index (χ3v) is 7.73. The molecule has 4 rings (SSSR count). The lowest BCUT2D eigenvalue weighted by Crippen LogP contribution is -2.49. The van der Waals surface area contributed by atoms with Gasteiger partial charge in [0.15, 0.2) is 0 Å². The van der Waals surface area contributed by atoms with Crippen LogP contribution in [0.2, 0.25) is 0 Å². The quantitative estimate of drug-likeness (QED) is 0.762. The van der Waals surface area contributed by atoms with E-state index in [1.165, 1.54) is 10.4 Å². The lowest BCUT2D eigenvalue weighted by molar-refractivity contribution is -0.141. The third-order valence-electron chi connectivity index (χ3n) is 5.75. The number of fused-ring (bicyclic) bond motifs is 1. The number of aliphatic carboxylic acids is 1. The maximum Gasteiger partial charge on any atom is 0.416 e. The fraction of sp³-hybridized carbons (Fsp3) is 0.400. The topological polar surface area (TPSA) is 90.8 Å². The zero-order chi connectivity index (χ0) is 22.4. The van der Waals surface area contributed by atoms with Gasteiger partial charge in [0.25, 0.3) is 0 Å². The number of halogens is 3. The van der Waals surface area contributed by atoms with Gasteiger partial charge in [-0.25, -0.2) is 13.4 Å². The molecule has 31 heavy (non-hydrogen) atoms. The van der Waals surface area contributed by atoms with Gasteiger partial charge < -0.3 is 10.0 Å². The summed E-state index contributed by atoms with van der Waals surface area (Å²) in [6.45, 7) is 0.569. The highest BCUT2D eigenvalue weighted by Gasteiger charge is 2.36. The molecule has 1 N–H and O–H groups in total. The number of aromatic nitrogens is 1. The molecule has 1 aromatic carbocycles. The molecular weight excluding hydrogens is 435 g/mol. The SMILES string of the molecule is O=C(O)C1Cc2cccc(S(=O)(=O)N3CCN(c4cc(C(F)(F)F)ccn4)CC3)c2C1. The molecule has 1 unspecified atom stereocenters. The number of benzene rings is 1. The summed E-state index contributed by atoms with van der Waals surface area (Å²) in [6.07, 6.45) is -2.94. The second-order valence-electron chi connectivity index (χ2n) is 7.63. The van der Waals surface area contributed by atoms with E-state index in [9.17, 15) is 31.5 Å². The molecule has 0 radical (unpaired) electrons. The largest absolute Gasteiger partial charge is 0.481 e. The zero-order valence-corrected chi connectivity index (χ0v) is 17.2. The minimum Gasteiger partial charge on any atom is -0.481 e. The maximum absolute atomic E-state index is 13.2. The summed E-state index contributed by atoms with van der Waals surface area (Å²) in [6, 6.07) is 6.69. The van der Waals surface area contributed by atoms with Gasteiger partial charge in [-0.3, -0.25) is 4.79 Å². The fourth-order valence-corrected chi connectivity index (χ4v) is 5.80. The van der Waals surface area contributed by atoms with Gasteiger partial charge in [0, 0.05) is 32.4 Å². The first-order valence-electron chi connectivity index (χ1n) is 9.69. The highest BCUT2D eigenvalue weighted by molar-refractivity contribution is 7.89.